The van der Waals surface area contributed by atoms with E-state index in [1.807, 2.05) is 11.9 Å². The number of nitrogens with one attached hydrogen (secondary N) is 1. The molecule has 4 bridgehead atoms. The van der Waals surface area contributed by atoms with Gasteiger partial charge in [0, 0.05) is 19.1 Å². The third kappa shape index (κ3) is 3.78. The summed E-state index contributed by atoms with van der Waals surface area (Å²) >= 11 is 0. The number of nitrogens with zero attached hydrogens (tertiary/aromatic N) is 1. The lowest BCUT2D eigenvalue weighted by atomic mass is 9.52. The maximum absolute atomic E-state index is 12.7. The van der Waals surface area contributed by atoms with Crippen molar-refractivity contribution in [3.63, 3.8) is 0 Å². The van der Waals surface area contributed by atoms with Crippen LogP contribution in [0.3, 0.4) is 0 Å². The van der Waals surface area contributed by atoms with Gasteiger partial charge in [-0.3, -0.25) is 9.59 Å². The summed E-state index contributed by atoms with van der Waals surface area (Å²) in [5.74, 6) is 2.37. The molecule has 0 aromatic carbocycles. The molecular formula is C20H34N2O2. The molecule has 4 aliphatic rings. The standard InChI is InChI=1S/C20H34N2O2/c1-3-4-5-6-7-21-18(23)11-19(24)22(2)20-12-15-8-16(13-20)10-17(9-15)14-20/h15-17H,3-14H2,1-2H3,(H,21,23). The number of rotatable bonds is 8. The fourth-order valence-electron chi connectivity index (χ4n) is 5.84. The Kier molecular flexibility index (Phi) is 5.51. The molecule has 0 radical (unpaired) electrons. The fourth-order valence-corrected chi connectivity index (χ4v) is 5.84. The van der Waals surface area contributed by atoms with Crippen molar-refractivity contribution in [2.75, 3.05) is 13.6 Å². The second-order valence-electron chi connectivity index (χ2n) is 8.68. The van der Waals surface area contributed by atoms with Gasteiger partial charge in [0.05, 0.1) is 0 Å². The van der Waals surface area contributed by atoms with E-state index >= 15 is 0 Å². The Balaban J connectivity index is 1.47. The average Bonchev–Trinajstić information content (AvgIpc) is 2.52. The SMILES string of the molecule is CCCCCCNC(=O)CC(=O)N(C)C12CC3CC(CC(C3)C1)C2. The van der Waals surface area contributed by atoms with Gasteiger partial charge in [0.1, 0.15) is 6.42 Å². The van der Waals surface area contributed by atoms with Crippen molar-refractivity contribution < 1.29 is 9.59 Å². The highest BCUT2D eigenvalue weighted by atomic mass is 16.2. The fraction of sp³-hybridized carbons (Fsp3) is 0.900. The summed E-state index contributed by atoms with van der Waals surface area (Å²) < 4.78 is 0. The van der Waals surface area contributed by atoms with Crippen LogP contribution in [0.2, 0.25) is 0 Å². The Labute approximate surface area is 146 Å². The van der Waals surface area contributed by atoms with Crippen LogP contribution >= 0.6 is 0 Å². The first-order valence-corrected chi connectivity index (χ1v) is 10.1. The van der Waals surface area contributed by atoms with E-state index in [0.717, 1.165) is 30.6 Å². The quantitative estimate of drug-likeness (QED) is 0.545. The zero-order valence-electron chi connectivity index (χ0n) is 15.5. The van der Waals surface area contributed by atoms with E-state index in [1.165, 1.54) is 51.4 Å². The monoisotopic (exact) mass is 334 g/mol. The maximum atomic E-state index is 12.7. The van der Waals surface area contributed by atoms with Gasteiger partial charge in [-0.15, -0.1) is 0 Å². The van der Waals surface area contributed by atoms with E-state index in [2.05, 4.69) is 12.2 Å². The number of unbranched alkanes of at least 4 members (excludes halogenated alkanes) is 3. The predicted octanol–water partition coefficient (Wildman–Crippen LogP) is 3.50. The first-order valence-electron chi connectivity index (χ1n) is 10.1. The van der Waals surface area contributed by atoms with E-state index in [1.54, 1.807) is 0 Å². The van der Waals surface area contributed by atoms with Gasteiger partial charge in [-0.25, -0.2) is 0 Å². The van der Waals surface area contributed by atoms with Gasteiger partial charge in [-0.05, 0) is 62.7 Å². The summed E-state index contributed by atoms with van der Waals surface area (Å²) in [7, 11) is 1.95. The lowest BCUT2D eigenvalue weighted by Gasteiger charge is -2.59. The number of hydrogen-bond acceptors (Lipinski definition) is 2. The Hall–Kier alpha value is -1.06. The zero-order valence-corrected chi connectivity index (χ0v) is 15.5. The topological polar surface area (TPSA) is 49.4 Å². The largest absolute Gasteiger partial charge is 0.356 e. The van der Waals surface area contributed by atoms with Crippen molar-refractivity contribution >= 4 is 11.8 Å². The van der Waals surface area contributed by atoms with Gasteiger partial charge in [0.2, 0.25) is 11.8 Å². The summed E-state index contributed by atoms with van der Waals surface area (Å²) in [5.41, 5.74) is 0.0627. The first kappa shape index (κ1) is 17.8. The third-order valence-electron chi connectivity index (χ3n) is 6.76. The molecule has 0 heterocycles. The molecule has 4 fully saturated rings. The number of hydrogen-bond donors (Lipinski definition) is 1. The van der Waals surface area contributed by atoms with Crippen LogP contribution in [0.1, 0.15) is 77.6 Å². The van der Waals surface area contributed by atoms with Crippen molar-refractivity contribution in [1.29, 1.82) is 0 Å². The minimum Gasteiger partial charge on any atom is -0.356 e. The molecule has 0 spiro atoms. The van der Waals surface area contributed by atoms with Crippen LogP contribution in [-0.4, -0.2) is 35.8 Å². The average molecular weight is 335 g/mol. The Morgan fingerprint density at radius 2 is 1.58 bits per heavy atom. The molecule has 4 rings (SSSR count). The summed E-state index contributed by atoms with van der Waals surface area (Å²) in [5, 5.41) is 2.91. The third-order valence-corrected chi connectivity index (χ3v) is 6.76. The normalized spacial score (nSPS) is 33.5. The minimum atomic E-state index is -0.104. The van der Waals surface area contributed by atoms with Gasteiger partial charge in [0.15, 0.2) is 0 Å². The molecule has 4 heteroatoms. The number of amides is 2. The van der Waals surface area contributed by atoms with E-state index < -0.39 is 0 Å². The van der Waals surface area contributed by atoms with Gasteiger partial charge < -0.3 is 10.2 Å². The lowest BCUT2D eigenvalue weighted by Crippen LogP contribution is -2.60. The van der Waals surface area contributed by atoms with E-state index in [0.29, 0.717) is 6.54 Å². The van der Waals surface area contributed by atoms with Crippen molar-refractivity contribution in [3.8, 4) is 0 Å². The zero-order chi connectivity index (χ0) is 17.2. The van der Waals surface area contributed by atoms with Crippen molar-refractivity contribution in [3.05, 3.63) is 0 Å². The van der Waals surface area contributed by atoms with Gasteiger partial charge in [-0.1, -0.05) is 26.2 Å². The predicted molar refractivity (Wildman–Crippen MR) is 95.4 cm³/mol. The number of carbonyl (C=O) groups is 2. The second-order valence-corrected chi connectivity index (χ2v) is 8.68. The summed E-state index contributed by atoms with van der Waals surface area (Å²) in [6, 6.07) is 0. The smallest absolute Gasteiger partial charge is 0.232 e. The van der Waals surface area contributed by atoms with Crippen LogP contribution in [0.25, 0.3) is 0 Å². The van der Waals surface area contributed by atoms with Gasteiger partial charge in [0.25, 0.3) is 0 Å². The highest BCUT2D eigenvalue weighted by molar-refractivity contribution is 5.97. The summed E-state index contributed by atoms with van der Waals surface area (Å²) in [6.45, 7) is 2.88. The molecule has 0 aromatic rings. The van der Waals surface area contributed by atoms with Crippen LogP contribution in [0, 0.1) is 17.8 Å². The first-order chi connectivity index (χ1) is 11.5. The lowest BCUT2D eigenvalue weighted by molar-refractivity contribution is -0.149. The molecule has 2 amide bonds. The Bertz CT molecular complexity index is 439. The van der Waals surface area contributed by atoms with Crippen LogP contribution in [0.4, 0.5) is 0 Å². The van der Waals surface area contributed by atoms with Crippen LogP contribution in [-0.2, 0) is 9.59 Å². The molecule has 0 aromatic heterocycles. The summed E-state index contributed by atoms with van der Waals surface area (Å²) in [4.78, 5) is 26.7. The molecule has 1 N–H and O–H groups in total. The second kappa shape index (κ2) is 7.45. The molecule has 24 heavy (non-hydrogen) atoms. The molecule has 0 unspecified atom stereocenters. The Morgan fingerprint density at radius 1 is 1.00 bits per heavy atom. The highest BCUT2D eigenvalue weighted by Gasteiger charge is 2.53. The minimum absolute atomic E-state index is 0.0167. The van der Waals surface area contributed by atoms with E-state index in [4.69, 9.17) is 0 Å². The van der Waals surface area contributed by atoms with Crippen molar-refractivity contribution in [2.24, 2.45) is 17.8 Å². The van der Waals surface area contributed by atoms with Gasteiger partial charge in [-0.2, -0.15) is 0 Å². The van der Waals surface area contributed by atoms with Crippen molar-refractivity contribution in [1.82, 2.24) is 10.2 Å². The molecule has 136 valence electrons. The molecule has 4 nitrogen and oxygen atoms in total. The molecule has 0 atom stereocenters. The molecule has 4 aliphatic carbocycles. The molecule has 0 saturated heterocycles. The Morgan fingerprint density at radius 3 is 2.12 bits per heavy atom. The molecule has 4 saturated carbocycles. The summed E-state index contributed by atoms with van der Waals surface area (Å²) in [6.07, 6.45) is 12.2. The van der Waals surface area contributed by atoms with Crippen LogP contribution in [0.15, 0.2) is 0 Å². The van der Waals surface area contributed by atoms with Crippen LogP contribution < -0.4 is 5.32 Å². The molecular weight excluding hydrogens is 300 g/mol. The number of carbonyl (C=O) groups excluding carboxylic acids is 2. The van der Waals surface area contributed by atoms with Gasteiger partial charge >= 0.3 is 0 Å². The van der Waals surface area contributed by atoms with Crippen LogP contribution in [0.5, 0.6) is 0 Å². The van der Waals surface area contributed by atoms with Crippen molar-refractivity contribution in [2.45, 2.75) is 83.1 Å². The van der Waals surface area contributed by atoms with E-state index in [9.17, 15) is 9.59 Å². The maximum Gasteiger partial charge on any atom is 0.232 e. The molecule has 0 aliphatic heterocycles. The highest BCUT2D eigenvalue weighted by Crippen LogP contribution is 2.57. The van der Waals surface area contributed by atoms with E-state index in [-0.39, 0.29) is 23.8 Å².